The van der Waals surface area contributed by atoms with Gasteiger partial charge >= 0.3 is 0 Å². The second-order valence-electron chi connectivity index (χ2n) is 22.3. The van der Waals surface area contributed by atoms with Crippen molar-refractivity contribution in [2.45, 2.75) is 71.8 Å². The van der Waals surface area contributed by atoms with Crippen LogP contribution in [0.25, 0.3) is 64.7 Å². The summed E-state index contributed by atoms with van der Waals surface area (Å²) < 4.78 is 2.63. The molecule has 0 radical (unpaired) electrons. The molecule has 0 fully saturated rings. The van der Waals surface area contributed by atoms with Gasteiger partial charge in [0.1, 0.15) is 0 Å². The highest BCUT2D eigenvalue weighted by Crippen LogP contribution is 2.52. The van der Waals surface area contributed by atoms with Gasteiger partial charge in [-0.15, -0.1) is 22.7 Å². The van der Waals surface area contributed by atoms with E-state index in [0.717, 1.165) is 6.42 Å². The SMILES string of the molecule is CC1=CC2=C3B(c4cc(C(C)(C)C)ccc4N2c2ccc(-c4ccc5ccsc5c4)cc2-c2ccccc2)c2cc(C(C)(C)C)ccc2N(c2ccc(-c4ccc5ccsc5c4)cc2-c2ccccc2)C3C1. The summed E-state index contributed by atoms with van der Waals surface area (Å²) in [6.45, 7) is 16.6. The third-order valence-electron chi connectivity index (χ3n) is 15.6. The molecular formula is C67H57BN2S2. The van der Waals surface area contributed by atoms with Crippen LogP contribution in [0.2, 0.25) is 0 Å². The van der Waals surface area contributed by atoms with Gasteiger partial charge in [0.2, 0.25) is 6.71 Å². The van der Waals surface area contributed by atoms with Crippen molar-refractivity contribution in [2.75, 3.05) is 9.80 Å². The number of allylic oxidation sites excluding steroid dienone is 1. The first-order valence-corrected chi connectivity index (χ1v) is 27.3. The molecule has 0 bridgehead atoms. The minimum Gasteiger partial charge on any atom is -0.335 e. The third kappa shape index (κ3) is 7.51. The van der Waals surface area contributed by atoms with Crippen LogP contribution in [0.1, 0.15) is 66.0 Å². The lowest BCUT2D eigenvalue weighted by molar-refractivity contribution is 0.590. The number of anilines is 4. The highest BCUT2D eigenvalue weighted by atomic mass is 32.1. The smallest absolute Gasteiger partial charge is 0.247 e. The Kier molecular flexibility index (Phi) is 10.5. The molecule has 72 heavy (non-hydrogen) atoms. The Morgan fingerprint density at radius 2 is 0.931 bits per heavy atom. The van der Waals surface area contributed by atoms with Crippen molar-refractivity contribution in [3.63, 3.8) is 0 Å². The van der Waals surface area contributed by atoms with Gasteiger partial charge < -0.3 is 9.80 Å². The number of nitrogens with zero attached hydrogens (tertiary/aromatic N) is 2. The van der Waals surface area contributed by atoms with Crippen LogP contribution >= 0.6 is 22.7 Å². The van der Waals surface area contributed by atoms with Crippen molar-refractivity contribution >= 4 is 83.2 Å². The largest absolute Gasteiger partial charge is 0.335 e. The molecule has 1 aliphatic carbocycles. The van der Waals surface area contributed by atoms with Crippen LogP contribution < -0.4 is 20.7 Å². The Hall–Kier alpha value is -7.18. The fraction of sp³-hybridized carbons (Fsp3) is 0.164. The second-order valence-corrected chi connectivity index (χ2v) is 24.2. The van der Waals surface area contributed by atoms with E-state index in [0.29, 0.717) is 0 Å². The lowest BCUT2D eigenvalue weighted by atomic mass is 9.31. The molecule has 8 aromatic carbocycles. The van der Waals surface area contributed by atoms with Crippen LogP contribution in [0.3, 0.4) is 0 Å². The van der Waals surface area contributed by atoms with Gasteiger partial charge in [0.25, 0.3) is 0 Å². The summed E-state index contributed by atoms with van der Waals surface area (Å²) in [7, 11) is 0. The number of rotatable bonds is 6. The van der Waals surface area contributed by atoms with Crippen LogP contribution in [0.5, 0.6) is 0 Å². The topological polar surface area (TPSA) is 6.48 Å². The minimum absolute atomic E-state index is 0.0460. The van der Waals surface area contributed by atoms with Gasteiger partial charge in [-0.25, -0.2) is 0 Å². The monoisotopic (exact) mass is 964 g/mol. The number of thiophene rings is 2. The van der Waals surface area contributed by atoms with E-state index < -0.39 is 0 Å². The molecule has 10 aromatic rings. The molecule has 13 rings (SSSR count). The highest BCUT2D eigenvalue weighted by Gasteiger charge is 2.49. The lowest BCUT2D eigenvalue weighted by Gasteiger charge is -2.51. The molecular weight excluding hydrogens is 908 g/mol. The van der Waals surface area contributed by atoms with E-state index in [9.17, 15) is 0 Å². The number of hydrogen-bond donors (Lipinski definition) is 0. The molecule has 5 heteroatoms. The molecule has 2 nitrogen and oxygen atoms in total. The zero-order valence-corrected chi connectivity index (χ0v) is 43.8. The molecule has 1 atom stereocenters. The van der Waals surface area contributed by atoms with Crippen molar-refractivity contribution in [3.05, 3.63) is 227 Å². The predicted molar refractivity (Wildman–Crippen MR) is 314 cm³/mol. The Balaban J connectivity index is 1.09. The van der Waals surface area contributed by atoms with E-state index in [4.69, 9.17) is 0 Å². The van der Waals surface area contributed by atoms with E-state index >= 15 is 0 Å². The molecule has 0 amide bonds. The summed E-state index contributed by atoms with van der Waals surface area (Å²) >= 11 is 3.62. The van der Waals surface area contributed by atoms with Crippen molar-refractivity contribution in [3.8, 4) is 44.5 Å². The van der Waals surface area contributed by atoms with Crippen molar-refractivity contribution in [1.82, 2.24) is 0 Å². The number of benzene rings is 8. The van der Waals surface area contributed by atoms with Gasteiger partial charge in [0, 0.05) is 43.3 Å². The number of fused-ring (bicyclic) bond motifs is 6. The van der Waals surface area contributed by atoms with Crippen LogP contribution in [-0.4, -0.2) is 12.8 Å². The van der Waals surface area contributed by atoms with E-state index in [1.54, 1.807) is 0 Å². The van der Waals surface area contributed by atoms with Crippen molar-refractivity contribution < 1.29 is 0 Å². The lowest BCUT2D eigenvalue weighted by Crippen LogP contribution is -2.61. The normalized spacial score (nSPS) is 15.5. The van der Waals surface area contributed by atoms with Gasteiger partial charge in [-0.2, -0.15) is 0 Å². The van der Waals surface area contributed by atoms with Gasteiger partial charge in [-0.3, -0.25) is 0 Å². The average molecular weight is 965 g/mol. The fourth-order valence-electron chi connectivity index (χ4n) is 11.8. The first-order valence-electron chi connectivity index (χ1n) is 25.5. The Labute approximate surface area is 433 Å². The van der Waals surface area contributed by atoms with Crippen LogP contribution in [-0.2, 0) is 10.8 Å². The molecule has 1 unspecified atom stereocenters. The number of hydrogen-bond acceptors (Lipinski definition) is 4. The van der Waals surface area contributed by atoms with Gasteiger partial charge in [-0.05, 0) is 173 Å². The maximum absolute atomic E-state index is 2.75. The molecule has 0 saturated carbocycles. The summed E-state index contributed by atoms with van der Waals surface area (Å²) in [5.41, 5.74) is 24.3. The summed E-state index contributed by atoms with van der Waals surface area (Å²) in [6, 6.07) is 69.8. The quantitative estimate of drug-likeness (QED) is 0.153. The Bertz CT molecular complexity index is 3840. The van der Waals surface area contributed by atoms with Gasteiger partial charge in [0.05, 0.1) is 11.7 Å². The first-order chi connectivity index (χ1) is 34.9. The van der Waals surface area contributed by atoms with E-state index in [1.807, 2.05) is 22.7 Å². The molecule has 2 aromatic heterocycles. The summed E-state index contributed by atoms with van der Waals surface area (Å²) in [6.07, 6.45) is 3.45. The summed E-state index contributed by atoms with van der Waals surface area (Å²) in [4.78, 5) is 5.40. The summed E-state index contributed by atoms with van der Waals surface area (Å²) in [5, 5.41) is 6.98. The minimum atomic E-state index is -0.0470. The zero-order valence-electron chi connectivity index (χ0n) is 42.1. The molecule has 0 N–H and O–H groups in total. The second kappa shape index (κ2) is 17.0. The Morgan fingerprint density at radius 3 is 1.49 bits per heavy atom. The van der Waals surface area contributed by atoms with Crippen molar-refractivity contribution in [2.24, 2.45) is 0 Å². The van der Waals surface area contributed by atoms with E-state index in [2.05, 4.69) is 257 Å². The zero-order chi connectivity index (χ0) is 49.0. The first kappa shape index (κ1) is 44.7. The average Bonchev–Trinajstić information content (AvgIpc) is 4.08. The molecule has 4 heterocycles. The van der Waals surface area contributed by atoms with Crippen LogP contribution in [0.15, 0.2) is 216 Å². The maximum Gasteiger partial charge on any atom is 0.247 e. The van der Waals surface area contributed by atoms with Gasteiger partial charge in [-0.1, -0.05) is 168 Å². The summed E-state index contributed by atoms with van der Waals surface area (Å²) in [5.74, 6) is 0. The molecule has 2 aliphatic heterocycles. The van der Waals surface area contributed by atoms with Crippen LogP contribution in [0, 0.1) is 0 Å². The van der Waals surface area contributed by atoms with Crippen LogP contribution in [0.4, 0.5) is 22.7 Å². The van der Waals surface area contributed by atoms with E-state index in [-0.39, 0.29) is 23.6 Å². The highest BCUT2D eigenvalue weighted by molar-refractivity contribution is 7.17. The Morgan fingerprint density at radius 1 is 0.458 bits per heavy atom. The van der Waals surface area contributed by atoms with E-state index in [1.165, 1.54) is 126 Å². The third-order valence-corrected chi connectivity index (χ3v) is 17.3. The fourth-order valence-corrected chi connectivity index (χ4v) is 13.5. The maximum atomic E-state index is 2.75. The molecule has 0 spiro atoms. The molecule has 350 valence electrons. The predicted octanol–water partition coefficient (Wildman–Crippen LogP) is 17.8. The molecule has 0 saturated heterocycles. The molecule has 3 aliphatic rings. The standard InChI is InChI=1S/C67H57BN2S2/c1-42-34-61-65-62(35-42)70(58-27-23-48(37-54(58)44-16-12-9-13-17-44)50-21-19-46-31-33-72-64(46)39-50)60-29-25-52(67(5,6)7)41-56(60)68(65)55-40-51(66(2,3)4)24-28-59(55)69(61)57-26-22-47(36-53(57)43-14-10-8-11-15-43)49-20-18-45-30-32-71-63(45)38-49/h8-34,36-41,62H,35H2,1-7H3. The van der Waals surface area contributed by atoms with Crippen molar-refractivity contribution in [1.29, 1.82) is 0 Å². The van der Waals surface area contributed by atoms with Gasteiger partial charge in [0.15, 0.2) is 0 Å².